The molecule has 7 heteroatoms. The first kappa shape index (κ1) is 22.5. The van der Waals surface area contributed by atoms with Crippen molar-refractivity contribution in [1.82, 2.24) is 9.91 Å². The second-order valence-corrected chi connectivity index (χ2v) is 9.20. The van der Waals surface area contributed by atoms with Crippen molar-refractivity contribution in [3.05, 3.63) is 69.7 Å². The highest BCUT2D eigenvalue weighted by Gasteiger charge is 2.35. The Morgan fingerprint density at radius 1 is 1.12 bits per heavy atom. The van der Waals surface area contributed by atoms with Gasteiger partial charge in [0, 0.05) is 22.9 Å². The van der Waals surface area contributed by atoms with Crippen molar-refractivity contribution in [1.29, 1.82) is 0 Å². The van der Waals surface area contributed by atoms with Gasteiger partial charge in [0.05, 0.1) is 18.3 Å². The van der Waals surface area contributed by atoms with Gasteiger partial charge in [0.1, 0.15) is 0 Å². The number of likely N-dealkylation sites (tertiary alicyclic amines) is 1. The zero-order chi connectivity index (χ0) is 22.8. The molecule has 2 aromatic carbocycles. The molecule has 168 valence electrons. The number of aryl methyl sites for hydroxylation is 2. The van der Waals surface area contributed by atoms with Gasteiger partial charge in [0.2, 0.25) is 5.91 Å². The van der Waals surface area contributed by atoms with Crippen LogP contribution in [-0.4, -0.2) is 47.1 Å². The number of hydrogen-bond acceptors (Lipinski definition) is 4. The summed E-state index contributed by atoms with van der Waals surface area (Å²) in [5, 5.41) is 7.05. The maximum absolute atomic E-state index is 13.4. The van der Waals surface area contributed by atoms with E-state index in [9.17, 15) is 9.59 Å². The largest absolute Gasteiger partial charge is 0.369 e. The number of rotatable bonds is 5. The molecule has 0 saturated carbocycles. The normalized spacial score (nSPS) is 19.8. The van der Waals surface area contributed by atoms with Crippen LogP contribution in [0.3, 0.4) is 0 Å². The molecular weight excluding hydrogens is 424 g/mol. The van der Waals surface area contributed by atoms with E-state index >= 15 is 0 Å². The number of carbonyl (C=O) groups excluding carboxylic acids is 2. The fraction of sp³-hybridized carbons (Fsp3) is 0.400. The lowest BCUT2D eigenvalue weighted by Crippen LogP contribution is -2.44. The van der Waals surface area contributed by atoms with E-state index in [-0.39, 0.29) is 30.3 Å². The Hall–Kier alpha value is -2.70. The van der Waals surface area contributed by atoms with Crippen LogP contribution in [0.2, 0.25) is 5.02 Å². The average molecular weight is 453 g/mol. The molecule has 0 aromatic heterocycles. The summed E-state index contributed by atoms with van der Waals surface area (Å²) in [7, 11) is 0. The molecule has 0 aliphatic carbocycles. The van der Waals surface area contributed by atoms with Gasteiger partial charge in [-0.2, -0.15) is 5.10 Å². The minimum absolute atomic E-state index is 0.0623. The fourth-order valence-electron chi connectivity index (χ4n) is 4.58. The molecule has 2 N–H and O–H groups in total. The van der Waals surface area contributed by atoms with E-state index in [1.54, 1.807) is 5.01 Å². The highest BCUT2D eigenvalue weighted by molar-refractivity contribution is 6.31. The molecule has 2 aliphatic rings. The van der Waals surface area contributed by atoms with Crippen molar-refractivity contribution in [2.45, 2.75) is 39.2 Å². The summed E-state index contributed by atoms with van der Waals surface area (Å²) in [6.45, 7) is 5.74. The van der Waals surface area contributed by atoms with Crippen LogP contribution in [0.15, 0.2) is 47.6 Å². The first-order valence-corrected chi connectivity index (χ1v) is 11.4. The SMILES string of the molecule is Cc1ccc(C)c(C2=NN(C(=O)CN3CCC(C(N)=O)CC3)C(c3ccccc3Cl)C2)c1. The number of amides is 2. The van der Waals surface area contributed by atoms with Gasteiger partial charge in [-0.25, -0.2) is 5.01 Å². The molecule has 1 fully saturated rings. The number of benzene rings is 2. The number of primary amides is 1. The molecule has 2 amide bonds. The monoisotopic (exact) mass is 452 g/mol. The Labute approximate surface area is 194 Å². The van der Waals surface area contributed by atoms with Gasteiger partial charge < -0.3 is 5.73 Å². The van der Waals surface area contributed by atoms with E-state index in [1.807, 2.05) is 24.3 Å². The van der Waals surface area contributed by atoms with Crippen LogP contribution in [0.5, 0.6) is 0 Å². The van der Waals surface area contributed by atoms with Crippen LogP contribution in [0.1, 0.15) is 47.6 Å². The Balaban J connectivity index is 1.59. The summed E-state index contributed by atoms with van der Waals surface area (Å²) in [6, 6.07) is 13.7. The Morgan fingerprint density at radius 2 is 1.84 bits per heavy atom. The summed E-state index contributed by atoms with van der Waals surface area (Å²) >= 11 is 6.52. The maximum Gasteiger partial charge on any atom is 0.257 e. The maximum atomic E-state index is 13.4. The minimum atomic E-state index is -0.253. The van der Waals surface area contributed by atoms with Crippen molar-refractivity contribution < 1.29 is 9.59 Å². The van der Waals surface area contributed by atoms with E-state index in [2.05, 4.69) is 36.9 Å². The predicted molar refractivity (Wildman–Crippen MR) is 126 cm³/mol. The molecule has 2 heterocycles. The smallest absolute Gasteiger partial charge is 0.257 e. The highest BCUT2D eigenvalue weighted by atomic mass is 35.5. The fourth-order valence-corrected chi connectivity index (χ4v) is 4.84. The second kappa shape index (κ2) is 9.43. The highest BCUT2D eigenvalue weighted by Crippen LogP contribution is 2.37. The van der Waals surface area contributed by atoms with Gasteiger partial charge in [-0.05, 0) is 63.0 Å². The molecule has 2 aliphatic heterocycles. The van der Waals surface area contributed by atoms with Crippen LogP contribution in [0, 0.1) is 19.8 Å². The quantitative estimate of drug-likeness (QED) is 0.748. The van der Waals surface area contributed by atoms with Crippen molar-refractivity contribution in [2.24, 2.45) is 16.8 Å². The molecule has 0 bridgehead atoms. The molecular formula is C25H29ClN4O2. The van der Waals surface area contributed by atoms with E-state index in [4.69, 9.17) is 22.4 Å². The van der Waals surface area contributed by atoms with Crippen molar-refractivity contribution in [3.8, 4) is 0 Å². The number of halogens is 1. The summed E-state index contributed by atoms with van der Waals surface area (Å²) < 4.78 is 0. The Bertz CT molecular complexity index is 1060. The number of hydrazone groups is 1. The van der Waals surface area contributed by atoms with Gasteiger partial charge >= 0.3 is 0 Å². The minimum Gasteiger partial charge on any atom is -0.369 e. The van der Waals surface area contributed by atoms with E-state index in [1.165, 1.54) is 0 Å². The Morgan fingerprint density at radius 3 is 2.53 bits per heavy atom. The molecule has 4 rings (SSSR count). The second-order valence-electron chi connectivity index (χ2n) is 8.80. The third kappa shape index (κ3) is 4.71. The molecule has 6 nitrogen and oxygen atoms in total. The third-order valence-corrected chi connectivity index (χ3v) is 6.83. The lowest BCUT2D eigenvalue weighted by atomic mass is 9.95. The molecule has 1 atom stereocenters. The van der Waals surface area contributed by atoms with Gasteiger partial charge in [-0.3, -0.25) is 14.5 Å². The number of piperidine rings is 1. The zero-order valence-electron chi connectivity index (χ0n) is 18.6. The molecule has 1 saturated heterocycles. The summed E-state index contributed by atoms with van der Waals surface area (Å²) in [4.78, 5) is 26.9. The predicted octanol–water partition coefficient (Wildman–Crippen LogP) is 3.83. The first-order chi connectivity index (χ1) is 15.3. The molecule has 0 spiro atoms. The first-order valence-electron chi connectivity index (χ1n) is 11.1. The Kier molecular flexibility index (Phi) is 6.63. The standard InChI is InChI=1S/C25H29ClN4O2/c1-16-7-8-17(2)20(13-16)22-14-23(19-5-3-4-6-21(19)26)30(28-22)24(31)15-29-11-9-18(10-12-29)25(27)32/h3-8,13,18,23H,9-12,14-15H2,1-2H3,(H2,27,32). The van der Waals surface area contributed by atoms with E-state index in [0.717, 1.165) is 28.0 Å². The number of nitrogens with two attached hydrogens (primary N) is 1. The lowest BCUT2D eigenvalue weighted by molar-refractivity contribution is -0.134. The van der Waals surface area contributed by atoms with Crippen LogP contribution in [-0.2, 0) is 9.59 Å². The van der Waals surface area contributed by atoms with Gasteiger partial charge in [-0.1, -0.05) is 47.5 Å². The molecule has 32 heavy (non-hydrogen) atoms. The topological polar surface area (TPSA) is 79.0 Å². The van der Waals surface area contributed by atoms with Gasteiger partial charge in [-0.15, -0.1) is 0 Å². The zero-order valence-corrected chi connectivity index (χ0v) is 19.3. The van der Waals surface area contributed by atoms with Crippen LogP contribution in [0.25, 0.3) is 0 Å². The summed E-state index contributed by atoms with van der Waals surface area (Å²) in [5.74, 6) is -0.414. The van der Waals surface area contributed by atoms with Crippen LogP contribution in [0.4, 0.5) is 0 Å². The van der Waals surface area contributed by atoms with Gasteiger partial charge in [0.15, 0.2) is 0 Å². The van der Waals surface area contributed by atoms with E-state index < -0.39 is 0 Å². The average Bonchev–Trinajstić information content (AvgIpc) is 3.21. The number of hydrogen-bond donors (Lipinski definition) is 1. The summed E-state index contributed by atoms with van der Waals surface area (Å²) in [6.07, 6.45) is 1.99. The molecule has 0 radical (unpaired) electrons. The number of carbonyl (C=O) groups is 2. The third-order valence-electron chi connectivity index (χ3n) is 6.48. The lowest BCUT2D eigenvalue weighted by Gasteiger charge is -2.31. The van der Waals surface area contributed by atoms with Crippen molar-refractivity contribution in [3.63, 3.8) is 0 Å². The van der Waals surface area contributed by atoms with E-state index in [0.29, 0.717) is 37.4 Å². The van der Waals surface area contributed by atoms with Crippen LogP contribution >= 0.6 is 11.6 Å². The van der Waals surface area contributed by atoms with Gasteiger partial charge in [0.25, 0.3) is 5.91 Å². The summed E-state index contributed by atoms with van der Waals surface area (Å²) in [5.41, 5.74) is 10.6. The van der Waals surface area contributed by atoms with Crippen molar-refractivity contribution >= 4 is 29.1 Å². The van der Waals surface area contributed by atoms with Crippen LogP contribution < -0.4 is 5.73 Å². The van der Waals surface area contributed by atoms with Crippen molar-refractivity contribution in [2.75, 3.05) is 19.6 Å². The number of nitrogens with zero attached hydrogens (tertiary/aromatic N) is 3. The molecule has 1 unspecified atom stereocenters. The molecule has 2 aromatic rings.